The second-order valence-electron chi connectivity index (χ2n) is 11.1. The molecule has 0 bridgehead atoms. The standard InChI is InChI=1S/C31H31ClF2N4O3/c1-18(39)37-25(11-19-9-21(33)14-22(34)10-19)29(40)16-35-26-15-31(7-4-8-31)41-30-23(26)12-20(32)13-28(30)38-17-36-24-5-2-3-6-27(24)38/h2-3,5-6,9-10,12-14,17,25-26,29,35,40H,4,7-8,11,15-16H2,1H3,(H,37,39)/t25-,26-,29-/m0/s1. The molecule has 3 aromatic carbocycles. The lowest BCUT2D eigenvalue weighted by Gasteiger charge is -2.48. The molecule has 2 aliphatic rings. The Morgan fingerprint density at radius 1 is 1.20 bits per heavy atom. The quantitative estimate of drug-likeness (QED) is 0.260. The van der Waals surface area contributed by atoms with E-state index in [2.05, 4.69) is 15.6 Å². The highest BCUT2D eigenvalue weighted by Gasteiger charge is 2.46. The lowest BCUT2D eigenvalue weighted by Crippen LogP contribution is -2.52. The molecule has 3 atom stereocenters. The molecule has 6 rings (SSSR count). The fraction of sp³-hybridized carbons (Fsp3) is 0.355. The van der Waals surface area contributed by atoms with Crippen LogP contribution in [-0.4, -0.2) is 44.9 Å². The monoisotopic (exact) mass is 580 g/mol. The summed E-state index contributed by atoms with van der Waals surface area (Å²) in [7, 11) is 0. The number of imidazole rings is 1. The smallest absolute Gasteiger partial charge is 0.217 e. The van der Waals surface area contributed by atoms with E-state index in [1.165, 1.54) is 19.1 Å². The molecular weight excluding hydrogens is 550 g/mol. The summed E-state index contributed by atoms with van der Waals surface area (Å²) in [6.45, 7) is 1.47. The van der Waals surface area contributed by atoms with E-state index >= 15 is 0 Å². The molecule has 10 heteroatoms. The van der Waals surface area contributed by atoms with Gasteiger partial charge in [0.15, 0.2) is 0 Å². The van der Waals surface area contributed by atoms with Gasteiger partial charge < -0.3 is 20.5 Å². The van der Waals surface area contributed by atoms with Gasteiger partial charge in [-0.3, -0.25) is 9.36 Å². The van der Waals surface area contributed by atoms with Gasteiger partial charge in [0.05, 0.1) is 28.9 Å². The van der Waals surface area contributed by atoms with Crippen molar-refractivity contribution in [2.24, 2.45) is 0 Å². The second kappa shape index (κ2) is 11.0. The SMILES string of the molecule is CC(=O)N[C@@H](Cc1cc(F)cc(F)c1)[C@@H](O)CN[C@H]1CC2(CCC2)Oc2c1cc(Cl)cc2-n1cnc2ccccc21. The van der Waals surface area contributed by atoms with Crippen LogP contribution < -0.4 is 15.4 Å². The number of halogens is 3. The summed E-state index contributed by atoms with van der Waals surface area (Å²) in [5.74, 6) is -1.04. The highest BCUT2D eigenvalue weighted by Crippen LogP contribution is 2.51. The molecule has 214 valence electrons. The maximum atomic E-state index is 13.8. The van der Waals surface area contributed by atoms with Crippen molar-refractivity contribution in [2.45, 2.75) is 62.8 Å². The Morgan fingerprint density at radius 3 is 2.66 bits per heavy atom. The minimum atomic E-state index is -1.04. The van der Waals surface area contributed by atoms with Crippen LogP contribution in [0.25, 0.3) is 16.7 Å². The van der Waals surface area contributed by atoms with Crippen LogP contribution in [0.5, 0.6) is 5.75 Å². The molecule has 41 heavy (non-hydrogen) atoms. The number of aliphatic hydroxyl groups excluding tert-OH is 1. The maximum Gasteiger partial charge on any atom is 0.217 e. The third-order valence-corrected chi connectivity index (χ3v) is 8.33. The number of aliphatic hydroxyl groups is 1. The number of hydrogen-bond donors (Lipinski definition) is 3. The first-order valence-electron chi connectivity index (χ1n) is 13.8. The van der Waals surface area contributed by atoms with E-state index in [-0.39, 0.29) is 30.5 Å². The number of fused-ring (bicyclic) bond motifs is 2. The summed E-state index contributed by atoms with van der Waals surface area (Å²) in [4.78, 5) is 16.5. The number of nitrogens with one attached hydrogen (secondary N) is 2. The Hall–Kier alpha value is -3.53. The van der Waals surface area contributed by atoms with Crippen LogP contribution in [-0.2, 0) is 11.2 Å². The number of ether oxygens (including phenoxy) is 1. The Morgan fingerprint density at radius 2 is 1.95 bits per heavy atom. The lowest BCUT2D eigenvalue weighted by atomic mass is 9.72. The molecule has 1 fully saturated rings. The minimum absolute atomic E-state index is 0.0646. The van der Waals surface area contributed by atoms with Crippen LogP contribution in [0.1, 0.15) is 49.8 Å². The molecular formula is C31H31ClF2N4O3. The highest BCUT2D eigenvalue weighted by molar-refractivity contribution is 6.31. The topological polar surface area (TPSA) is 88.4 Å². The van der Waals surface area contributed by atoms with Crippen molar-refractivity contribution in [3.63, 3.8) is 0 Å². The Balaban J connectivity index is 1.29. The molecule has 1 aliphatic carbocycles. The highest BCUT2D eigenvalue weighted by atomic mass is 35.5. The molecule has 7 nitrogen and oxygen atoms in total. The molecule has 1 amide bonds. The molecule has 1 spiro atoms. The molecule has 2 heterocycles. The van der Waals surface area contributed by atoms with E-state index in [1.807, 2.05) is 41.0 Å². The predicted octanol–water partition coefficient (Wildman–Crippen LogP) is 5.40. The van der Waals surface area contributed by atoms with E-state index in [1.54, 1.807) is 6.33 Å². The molecule has 4 aromatic rings. The lowest BCUT2D eigenvalue weighted by molar-refractivity contribution is -0.120. The van der Waals surface area contributed by atoms with Gasteiger partial charge in [0.25, 0.3) is 0 Å². The number of nitrogens with zero attached hydrogens (tertiary/aromatic N) is 2. The largest absolute Gasteiger partial charge is 0.485 e. The van der Waals surface area contributed by atoms with Gasteiger partial charge in [-0.05, 0) is 67.6 Å². The van der Waals surface area contributed by atoms with Crippen LogP contribution in [0, 0.1) is 11.6 Å². The van der Waals surface area contributed by atoms with Gasteiger partial charge in [0.2, 0.25) is 5.91 Å². The number of rotatable bonds is 8. The Labute approximate surface area is 241 Å². The van der Waals surface area contributed by atoms with Crippen LogP contribution in [0.2, 0.25) is 5.02 Å². The van der Waals surface area contributed by atoms with Gasteiger partial charge in [-0.25, -0.2) is 13.8 Å². The normalized spacial score (nSPS) is 18.8. The van der Waals surface area contributed by atoms with E-state index < -0.39 is 23.8 Å². The van der Waals surface area contributed by atoms with Crippen molar-refractivity contribution in [3.8, 4) is 11.4 Å². The molecule has 0 unspecified atom stereocenters. The molecule has 3 N–H and O–H groups in total. The summed E-state index contributed by atoms with van der Waals surface area (Å²) < 4.78 is 36.3. The van der Waals surface area contributed by atoms with Crippen molar-refractivity contribution in [3.05, 3.63) is 88.7 Å². The Kier molecular flexibility index (Phi) is 7.44. The minimum Gasteiger partial charge on any atom is -0.485 e. The molecule has 1 aromatic heterocycles. The number of aromatic nitrogens is 2. The summed E-state index contributed by atoms with van der Waals surface area (Å²) >= 11 is 6.65. The summed E-state index contributed by atoms with van der Waals surface area (Å²) in [6.07, 6.45) is 4.38. The van der Waals surface area contributed by atoms with Gasteiger partial charge >= 0.3 is 0 Å². The number of carbonyl (C=O) groups is 1. The number of carbonyl (C=O) groups excluding carboxylic acids is 1. The van der Waals surface area contributed by atoms with Gasteiger partial charge in [-0.1, -0.05) is 23.7 Å². The number of benzene rings is 3. The van der Waals surface area contributed by atoms with E-state index in [0.717, 1.165) is 53.4 Å². The van der Waals surface area contributed by atoms with Crippen LogP contribution in [0.4, 0.5) is 8.78 Å². The van der Waals surface area contributed by atoms with Gasteiger partial charge in [0.1, 0.15) is 29.3 Å². The number of hydrogen-bond acceptors (Lipinski definition) is 5. The zero-order valence-electron chi connectivity index (χ0n) is 22.5. The van der Waals surface area contributed by atoms with E-state index in [4.69, 9.17) is 16.3 Å². The third-order valence-electron chi connectivity index (χ3n) is 8.12. The average Bonchev–Trinajstić information content (AvgIpc) is 3.33. The first-order valence-corrected chi connectivity index (χ1v) is 14.2. The van der Waals surface area contributed by atoms with Crippen LogP contribution >= 0.6 is 11.6 Å². The molecule has 1 saturated carbocycles. The van der Waals surface area contributed by atoms with Crippen molar-refractivity contribution < 1.29 is 23.4 Å². The zero-order chi connectivity index (χ0) is 28.7. The predicted molar refractivity (Wildman–Crippen MR) is 152 cm³/mol. The number of amides is 1. The van der Waals surface area contributed by atoms with Crippen molar-refractivity contribution in [1.29, 1.82) is 0 Å². The number of para-hydroxylation sites is 2. The third kappa shape index (κ3) is 5.66. The Bertz CT molecular complexity index is 1590. The van der Waals surface area contributed by atoms with Gasteiger partial charge in [0, 0.05) is 42.6 Å². The molecule has 0 radical (unpaired) electrons. The fourth-order valence-electron chi connectivity index (χ4n) is 6.03. The molecule has 0 saturated heterocycles. The second-order valence-corrected chi connectivity index (χ2v) is 11.5. The fourth-order valence-corrected chi connectivity index (χ4v) is 6.25. The first-order chi connectivity index (χ1) is 19.7. The first kappa shape index (κ1) is 27.6. The van der Waals surface area contributed by atoms with Crippen LogP contribution in [0.15, 0.2) is 60.9 Å². The zero-order valence-corrected chi connectivity index (χ0v) is 23.3. The molecule has 1 aliphatic heterocycles. The average molecular weight is 581 g/mol. The van der Waals surface area contributed by atoms with Crippen molar-refractivity contribution in [2.75, 3.05) is 6.54 Å². The van der Waals surface area contributed by atoms with Crippen LogP contribution in [0.3, 0.4) is 0 Å². The van der Waals surface area contributed by atoms with E-state index in [9.17, 15) is 18.7 Å². The maximum absolute atomic E-state index is 13.8. The van der Waals surface area contributed by atoms with Gasteiger partial charge in [-0.15, -0.1) is 0 Å². The summed E-state index contributed by atoms with van der Waals surface area (Å²) in [6, 6.07) is 13.9. The van der Waals surface area contributed by atoms with Crippen molar-refractivity contribution in [1.82, 2.24) is 20.2 Å². The summed E-state index contributed by atoms with van der Waals surface area (Å²) in [5.41, 5.74) is 3.47. The summed E-state index contributed by atoms with van der Waals surface area (Å²) in [5, 5.41) is 17.9. The van der Waals surface area contributed by atoms with E-state index in [0.29, 0.717) is 17.0 Å². The van der Waals surface area contributed by atoms with Gasteiger partial charge in [-0.2, -0.15) is 0 Å². The van der Waals surface area contributed by atoms with Crippen molar-refractivity contribution >= 4 is 28.5 Å².